The quantitative estimate of drug-likeness (QED) is 0.859. The molecule has 5 nitrogen and oxygen atoms in total. The van der Waals surface area contributed by atoms with Crippen molar-refractivity contribution >= 4 is 21.6 Å². The molecule has 1 amide bonds. The zero-order chi connectivity index (χ0) is 19.4. The number of anilines is 1. The Balaban J connectivity index is 1.75. The van der Waals surface area contributed by atoms with E-state index >= 15 is 0 Å². The van der Waals surface area contributed by atoms with E-state index in [4.69, 9.17) is 0 Å². The molecule has 0 spiro atoms. The molecule has 1 aliphatic heterocycles. The van der Waals surface area contributed by atoms with Crippen LogP contribution in [0.3, 0.4) is 0 Å². The summed E-state index contributed by atoms with van der Waals surface area (Å²) in [6, 6.07) is 12.0. The third kappa shape index (κ3) is 4.76. The lowest BCUT2D eigenvalue weighted by Crippen LogP contribution is -2.31. The molecule has 0 aromatic heterocycles. The van der Waals surface area contributed by atoms with Gasteiger partial charge >= 0.3 is 0 Å². The van der Waals surface area contributed by atoms with Gasteiger partial charge in [-0.2, -0.15) is 4.31 Å². The van der Waals surface area contributed by atoms with E-state index in [1.54, 1.807) is 16.4 Å². The van der Waals surface area contributed by atoms with Crippen molar-refractivity contribution in [1.29, 1.82) is 0 Å². The summed E-state index contributed by atoms with van der Waals surface area (Å²) in [6.45, 7) is 5.09. The molecule has 3 rings (SSSR count). The van der Waals surface area contributed by atoms with E-state index in [0.717, 1.165) is 42.5 Å². The van der Waals surface area contributed by atoms with E-state index in [2.05, 4.69) is 5.32 Å². The van der Waals surface area contributed by atoms with Gasteiger partial charge in [0, 0.05) is 24.3 Å². The lowest BCUT2D eigenvalue weighted by molar-refractivity contribution is 0.102. The first-order valence-electron chi connectivity index (χ1n) is 9.36. The number of nitrogens with one attached hydrogen (secondary N) is 1. The van der Waals surface area contributed by atoms with Crippen LogP contribution in [0.2, 0.25) is 0 Å². The topological polar surface area (TPSA) is 66.5 Å². The highest BCUT2D eigenvalue weighted by atomic mass is 32.2. The van der Waals surface area contributed by atoms with Crippen LogP contribution in [0.25, 0.3) is 0 Å². The molecule has 6 heteroatoms. The third-order valence-electron chi connectivity index (χ3n) is 4.80. The Labute approximate surface area is 161 Å². The van der Waals surface area contributed by atoms with Crippen LogP contribution in [0.4, 0.5) is 5.69 Å². The Hall–Kier alpha value is -2.18. The fraction of sp³-hybridized carbons (Fsp3) is 0.381. The number of hydrogen-bond acceptors (Lipinski definition) is 3. The van der Waals surface area contributed by atoms with Crippen molar-refractivity contribution in [2.24, 2.45) is 0 Å². The molecule has 1 N–H and O–H groups in total. The Morgan fingerprint density at radius 3 is 2.00 bits per heavy atom. The monoisotopic (exact) mass is 386 g/mol. The van der Waals surface area contributed by atoms with Gasteiger partial charge in [-0.1, -0.05) is 18.9 Å². The summed E-state index contributed by atoms with van der Waals surface area (Å²) in [5.41, 5.74) is 3.32. The van der Waals surface area contributed by atoms with Crippen LogP contribution in [0.5, 0.6) is 0 Å². The molecule has 2 aromatic rings. The molecular formula is C21H26N2O3S. The van der Waals surface area contributed by atoms with Crippen molar-refractivity contribution in [2.75, 3.05) is 18.4 Å². The van der Waals surface area contributed by atoms with Crippen molar-refractivity contribution in [3.63, 3.8) is 0 Å². The number of sulfonamides is 1. The molecule has 144 valence electrons. The highest BCUT2D eigenvalue weighted by Crippen LogP contribution is 2.21. The number of nitrogens with zero attached hydrogens (tertiary/aromatic N) is 1. The fourth-order valence-electron chi connectivity index (χ4n) is 3.46. The number of carbonyl (C=O) groups excluding carboxylic acids is 1. The lowest BCUT2D eigenvalue weighted by Gasteiger charge is -2.20. The molecule has 27 heavy (non-hydrogen) atoms. The molecule has 1 saturated heterocycles. The van der Waals surface area contributed by atoms with Gasteiger partial charge in [0.15, 0.2) is 0 Å². The molecular weight excluding hydrogens is 360 g/mol. The van der Waals surface area contributed by atoms with Gasteiger partial charge in [-0.3, -0.25) is 4.79 Å². The number of amides is 1. The van der Waals surface area contributed by atoms with Crippen LogP contribution in [-0.2, 0) is 10.0 Å². The molecule has 0 radical (unpaired) electrons. The van der Waals surface area contributed by atoms with E-state index in [-0.39, 0.29) is 10.8 Å². The minimum absolute atomic E-state index is 0.243. The SMILES string of the molecule is Cc1cc(C)cc(NC(=O)c2ccc(S(=O)(=O)N3CCCCCC3)cc2)c1. The minimum atomic E-state index is -3.50. The Morgan fingerprint density at radius 1 is 0.889 bits per heavy atom. The van der Waals surface area contributed by atoms with Crippen LogP contribution in [-0.4, -0.2) is 31.7 Å². The zero-order valence-corrected chi connectivity index (χ0v) is 16.7. The lowest BCUT2D eigenvalue weighted by atomic mass is 10.1. The summed E-state index contributed by atoms with van der Waals surface area (Å²) in [5, 5.41) is 2.87. The number of carbonyl (C=O) groups is 1. The normalized spacial score (nSPS) is 15.9. The van der Waals surface area contributed by atoms with Crippen molar-refractivity contribution in [3.8, 4) is 0 Å². The second kappa shape index (κ2) is 8.23. The van der Waals surface area contributed by atoms with E-state index in [9.17, 15) is 13.2 Å². The van der Waals surface area contributed by atoms with E-state index in [0.29, 0.717) is 18.7 Å². The Kier molecular flexibility index (Phi) is 5.97. The number of aryl methyl sites for hydroxylation is 2. The van der Waals surface area contributed by atoms with Gasteiger partial charge in [0.1, 0.15) is 0 Å². The highest BCUT2D eigenvalue weighted by Gasteiger charge is 2.25. The zero-order valence-electron chi connectivity index (χ0n) is 15.9. The molecule has 0 aliphatic carbocycles. The van der Waals surface area contributed by atoms with Gasteiger partial charge in [-0.25, -0.2) is 8.42 Å². The van der Waals surface area contributed by atoms with E-state index in [1.165, 1.54) is 12.1 Å². The Bertz CT molecular complexity index is 893. The number of hydrogen-bond donors (Lipinski definition) is 1. The van der Waals surface area contributed by atoms with Crippen molar-refractivity contribution in [3.05, 3.63) is 59.2 Å². The second-order valence-electron chi connectivity index (χ2n) is 7.17. The predicted octanol–water partition coefficient (Wildman–Crippen LogP) is 4.12. The molecule has 0 bridgehead atoms. The van der Waals surface area contributed by atoms with E-state index in [1.807, 2.05) is 32.0 Å². The van der Waals surface area contributed by atoms with E-state index < -0.39 is 10.0 Å². The average molecular weight is 387 g/mol. The summed E-state index contributed by atoms with van der Waals surface area (Å²) in [7, 11) is -3.50. The maximum Gasteiger partial charge on any atom is 0.255 e. The first kappa shape index (κ1) is 19.6. The summed E-state index contributed by atoms with van der Waals surface area (Å²) < 4.78 is 27.2. The van der Waals surface area contributed by atoms with Gasteiger partial charge in [0.2, 0.25) is 10.0 Å². The first-order valence-corrected chi connectivity index (χ1v) is 10.8. The molecule has 1 aliphatic rings. The van der Waals surface area contributed by atoms with Crippen LogP contribution >= 0.6 is 0 Å². The van der Waals surface area contributed by atoms with Gasteiger partial charge in [-0.05, 0) is 74.2 Å². The minimum Gasteiger partial charge on any atom is -0.322 e. The van der Waals surface area contributed by atoms with Gasteiger partial charge in [0.05, 0.1) is 4.90 Å². The van der Waals surface area contributed by atoms with Crippen LogP contribution in [0, 0.1) is 13.8 Å². The smallest absolute Gasteiger partial charge is 0.255 e. The van der Waals surface area contributed by atoms with Gasteiger partial charge < -0.3 is 5.32 Å². The predicted molar refractivity (Wildman–Crippen MR) is 108 cm³/mol. The van der Waals surface area contributed by atoms with Crippen LogP contribution in [0.1, 0.15) is 47.2 Å². The average Bonchev–Trinajstić information content (AvgIpc) is 2.91. The largest absolute Gasteiger partial charge is 0.322 e. The van der Waals surface area contributed by atoms with Crippen molar-refractivity contribution < 1.29 is 13.2 Å². The first-order chi connectivity index (χ1) is 12.9. The third-order valence-corrected chi connectivity index (χ3v) is 6.71. The number of rotatable bonds is 4. The van der Waals surface area contributed by atoms with Crippen LogP contribution < -0.4 is 5.32 Å². The Morgan fingerprint density at radius 2 is 1.44 bits per heavy atom. The molecule has 0 saturated carbocycles. The van der Waals surface area contributed by atoms with Crippen LogP contribution in [0.15, 0.2) is 47.4 Å². The van der Waals surface area contributed by atoms with Gasteiger partial charge in [-0.15, -0.1) is 0 Å². The second-order valence-corrected chi connectivity index (χ2v) is 9.11. The summed E-state index contributed by atoms with van der Waals surface area (Å²) in [6.07, 6.45) is 3.94. The summed E-state index contributed by atoms with van der Waals surface area (Å²) >= 11 is 0. The number of benzene rings is 2. The maximum atomic E-state index is 12.8. The van der Waals surface area contributed by atoms with Crippen molar-refractivity contribution in [2.45, 2.75) is 44.4 Å². The summed E-state index contributed by atoms with van der Waals surface area (Å²) in [5.74, 6) is -0.251. The molecule has 2 aromatic carbocycles. The maximum absolute atomic E-state index is 12.8. The van der Waals surface area contributed by atoms with Gasteiger partial charge in [0.25, 0.3) is 5.91 Å². The fourth-order valence-corrected chi connectivity index (χ4v) is 4.98. The van der Waals surface area contributed by atoms with Crippen molar-refractivity contribution in [1.82, 2.24) is 4.31 Å². The standard InChI is InChI=1S/C21H26N2O3S/c1-16-13-17(2)15-19(14-16)22-21(24)18-7-9-20(10-8-18)27(25,26)23-11-5-3-4-6-12-23/h7-10,13-15H,3-6,11-12H2,1-2H3,(H,22,24). The molecule has 0 unspecified atom stereocenters. The highest BCUT2D eigenvalue weighted by molar-refractivity contribution is 7.89. The molecule has 1 fully saturated rings. The molecule has 1 heterocycles. The molecule has 0 atom stereocenters. The summed E-state index contributed by atoms with van der Waals surface area (Å²) in [4.78, 5) is 12.7.